The summed E-state index contributed by atoms with van der Waals surface area (Å²) in [6.07, 6.45) is 0. The van der Waals surface area contributed by atoms with Gasteiger partial charge in [-0.15, -0.1) is 0 Å². The third-order valence-electron chi connectivity index (χ3n) is 2.73. The van der Waals surface area contributed by atoms with Crippen molar-refractivity contribution in [1.82, 2.24) is 5.32 Å². The summed E-state index contributed by atoms with van der Waals surface area (Å²) < 4.78 is 18.7. The molecule has 0 aliphatic carbocycles. The van der Waals surface area contributed by atoms with Crippen molar-refractivity contribution in [2.24, 2.45) is 0 Å². The molecule has 0 amide bonds. The summed E-state index contributed by atoms with van der Waals surface area (Å²) >= 11 is 5.94. The summed E-state index contributed by atoms with van der Waals surface area (Å²) in [5, 5.41) is 3.35. The molecule has 100 valence electrons. The van der Waals surface area contributed by atoms with E-state index in [9.17, 15) is 4.39 Å². The monoisotopic (exact) mass is 279 g/mol. The molecule has 0 radical (unpaired) electrons. The number of halogens is 2. The predicted molar refractivity (Wildman–Crippen MR) is 75.4 cm³/mol. The van der Waals surface area contributed by atoms with E-state index in [2.05, 4.69) is 5.32 Å². The Morgan fingerprint density at radius 1 is 1.16 bits per heavy atom. The van der Waals surface area contributed by atoms with Gasteiger partial charge in [-0.25, -0.2) is 4.39 Å². The number of benzene rings is 2. The quantitative estimate of drug-likeness (QED) is 0.901. The maximum atomic E-state index is 13.0. The zero-order valence-corrected chi connectivity index (χ0v) is 11.6. The fourth-order valence-electron chi connectivity index (χ4n) is 1.82. The minimum atomic E-state index is -0.376. The summed E-state index contributed by atoms with van der Waals surface area (Å²) in [5.41, 5.74) is 2.19. The third kappa shape index (κ3) is 3.46. The molecule has 1 N–H and O–H groups in total. The van der Waals surface area contributed by atoms with E-state index in [-0.39, 0.29) is 10.8 Å². The summed E-state index contributed by atoms with van der Waals surface area (Å²) in [6.45, 7) is 2.77. The average molecular weight is 280 g/mol. The lowest BCUT2D eigenvalue weighted by molar-refractivity contribution is 0.477. The number of ether oxygens (including phenoxy) is 1. The topological polar surface area (TPSA) is 21.3 Å². The second-order valence-electron chi connectivity index (χ2n) is 4.31. The molecule has 0 heterocycles. The van der Waals surface area contributed by atoms with Gasteiger partial charge in [-0.2, -0.15) is 0 Å². The molecule has 0 bridgehead atoms. The van der Waals surface area contributed by atoms with Crippen molar-refractivity contribution in [3.8, 4) is 11.5 Å². The Kier molecular flexibility index (Phi) is 4.40. The van der Waals surface area contributed by atoms with Crippen LogP contribution in [0.5, 0.6) is 11.5 Å². The largest absolute Gasteiger partial charge is 0.456 e. The van der Waals surface area contributed by atoms with Crippen molar-refractivity contribution in [3.63, 3.8) is 0 Å². The molecule has 0 fully saturated rings. The van der Waals surface area contributed by atoms with Gasteiger partial charge in [0.15, 0.2) is 0 Å². The Labute approximate surface area is 117 Å². The van der Waals surface area contributed by atoms with Gasteiger partial charge in [0.1, 0.15) is 17.3 Å². The zero-order valence-electron chi connectivity index (χ0n) is 10.8. The highest BCUT2D eigenvalue weighted by Gasteiger charge is 2.07. The van der Waals surface area contributed by atoms with Gasteiger partial charge in [0.2, 0.25) is 0 Å². The standard InChI is InChI=1S/C15H15ClFNO/c1-10-7-11(9-18-2)3-5-14(10)19-15-6-4-12(17)8-13(15)16/h3-8,18H,9H2,1-2H3. The highest BCUT2D eigenvalue weighted by molar-refractivity contribution is 6.32. The minimum absolute atomic E-state index is 0.263. The molecule has 0 aliphatic heterocycles. The fourth-order valence-corrected chi connectivity index (χ4v) is 2.02. The first-order valence-corrected chi connectivity index (χ1v) is 6.35. The van der Waals surface area contributed by atoms with Crippen molar-refractivity contribution in [3.05, 3.63) is 58.4 Å². The molecule has 2 nitrogen and oxygen atoms in total. The number of nitrogens with one attached hydrogen (secondary N) is 1. The molecule has 4 heteroatoms. The first-order valence-electron chi connectivity index (χ1n) is 5.97. The van der Waals surface area contributed by atoms with Crippen LogP contribution in [0.15, 0.2) is 36.4 Å². The maximum Gasteiger partial charge on any atom is 0.146 e. The van der Waals surface area contributed by atoms with E-state index in [1.807, 2.05) is 32.2 Å². The Hall–Kier alpha value is -1.58. The van der Waals surface area contributed by atoms with Gasteiger partial charge < -0.3 is 10.1 Å². The lowest BCUT2D eigenvalue weighted by Crippen LogP contribution is -2.05. The Morgan fingerprint density at radius 3 is 2.53 bits per heavy atom. The normalized spacial score (nSPS) is 10.5. The Morgan fingerprint density at radius 2 is 1.89 bits per heavy atom. The first-order chi connectivity index (χ1) is 9.10. The van der Waals surface area contributed by atoms with Crippen LogP contribution in [0, 0.1) is 12.7 Å². The molecule has 0 saturated heterocycles. The lowest BCUT2D eigenvalue weighted by Gasteiger charge is -2.11. The first kappa shape index (κ1) is 13.8. The van der Waals surface area contributed by atoms with Crippen molar-refractivity contribution in [2.75, 3.05) is 7.05 Å². The van der Waals surface area contributed by atoms with Crippen LogP contribution >= 0.6 is 11.6 Å². The fraction of sp³-hybridized carbons (Fsp3) is 0.200. The van der Waals surface area contributed by atoms with Crippen LogP contribution in [0.25, 0.3) is 0 Å². The average Bonchev–Trinajstić information content (AvgIpc) is 2.36. The molecule has 19 heavy (non-hydrogen) atoms. The van der Waals surface area contributed by atoms with E-state index >= 15 is 0 Å². The molecule has 0 saturated carbocycles. The van der Waals surface area contributed by atoms with E-state index in [1.165, 1.54) is 23.8 Å². The van der Waals surface area contributed by atoms with Crippen molar-refractivity contribution in [1.29, 1.82) is 0 Å². The molecular formula is C15H15ClFNO. The Balaban J connectivity index is 2.23. The summed E-state index contributed by atoms with van der Waals surface area (Å²) in [7, 11) is 1.90. The molecule has 2 aromatic carbocycles. The van der Waals surface area contributed by atoms with Gasteiger partial charge in [-0.3, -0.25) is 0 Å². The van der Waals surface area contributed by atoms with Crippen LogP contribution in [-0.2, 0) is 6.54 Å². The van der Waals surface area contributed by atoms with Gasteiger partial charge in [-0.1, -0.05) is 23.7 Å². The predicted octanol–water partition coefficient (Wildman–Crippen LogP) is 4.30. The number of hydrogen-bond donors (Lipinski definition) is 1. The van der Waals surface area contributed by atoms with Crippen LogP contribution in [0.2, 0.25) is 5.02 Å². The van der Waals surface area contributed by atoms with Gasteiger partial charge in [-0.05, 0) is 49.4 Å². The second-order valence-corrected chi connectivity index (χ2v) is 4.71. The highest BCUT2D eigenvalue weighted by Crippen LogP contribution is 2.31. The van der Waals surface area contributed by atoms with Gasteiger partial charge >= 0.3 is 0 Å². The highest BCUT2D eigenvalue weighted by atomic mass is 35.5. The van der Waals surface area contributed by atoms with Crippen molar-refractivity contribution < 1.29 is 9.13 Å². The molecule has 0 aromatic heterocycles. The molecular weight excluding hydrogens is 265 g/mol. The summed E-state index contributed by atoms with van der Waals surface area (Å²) in [4.78, 5) is 0. The molecule has 0 atom stereocenters. The van der Waals surface area contributed by atoms with Gasteiger partial charge in [0.25, 0.3) is 0 Å². The van der Waals surface area contributed by atoms with Gasteiger partial charge in [0.05, 0.1) is 5.02 Å². The molecule has 2 aromatic rings. The van der Waals surface area contributed by atoms with Crippen LogP contribution < -0.4 is 10.1 Å². The van der Waals surface area contributed by atoms with E-state index in [1.54, 1.807) is 0 Å². The van der Waals surface area contributed by atoms with Crippen molar-refractivity contribution in [2.45, 2.75) is 13.5 Å². The van der Waals surface area contributed by atoms with E-state index in [0.29, 0.717) is 11.5 Å². The van der Waals surface area contributed by atoms with E-state index in [4.69, 9.17) is 16.3 Å². The van der Waals surface area contributed by atoms with E-state index in [0.717, 1.165) is 12.1 Å². The van der Waals surface area contributed by atoms with Crippen LogP contribution in [0.4, 0.5) is 4.39 Å². The molecule has 0 unspecified atom stereocenters. The maximum absolute atomic E-state index is 13.0. The lowest BCUT2D eigenvalue weighted by atomic mass is 10.1. The minimum Gasteiger partial charge on any atom is -0.456 e. The second kappa shape index (κ2) is 6.04. The molecule has 0 aliphatic rings. The van der Waals surface area contributed by atoms with Crippen LogP contribution in [0.1, 0.15) is 11.1 Å². The summed E-state index contributed by atoms with van der Waals surface area (Å²) in [6, 6.07) is 10.0. The van der Waals surface area contributed by atoms with Crippen LogP contribution in [0.3, 0.4) is 0 Å². The third-order valence-corrected chi connectivity index (χ3v) is 3.03. The van der Waals surface area contributed by atoms with Gasteiger partial charge in [0, 0.05) is 6.54 Å². The van der Waals surface area contributed by atoms with Crippen LogP contribution in [-0.4, -0.2) is 7.05 Å². The Bertz CT molecular complexity index is 586. The molecule has 2 rings (SSSR count). The number of rotatable bonds is 4. The molecule has 0 spiro atoms. The number of hydrogen-bond acceptors (Lipinski definition) is 2. The smallest absolute Gasteiger partial charge is 0.146 e. The van der Waals surface area contributed by atoms with Crippen molar-refractivity contribution >= 4 is 11.6 Å². The number of aryl methyl sites for hydroxylation is 1. The summed E-state index contributed by atoms with van der Waals surface area (Å²) in [5.74, 6) is 0.791. The zero-order chi connectivity index (χ0) is 13.8. The SMILES string of the molecule is CNCc1ccc(Oc2ccc(F)cc2Cl)c(C)c1. The van der Waals surface area contributed by atoms with E-state index < -0.39 is 0 Å².